The number of carbonyl (C=O) groups is 2. The number of aromatic nitrogens is 1. The highest BCUT2D eigenvalue weighted by Crippen LogP contribution is 2.29. The fourth-order valence-electron chi connectivity index (χ4n) is 2.36. The second-order valence-electron chi connectivity index (χ2n) is 4.67. The molecule has 9 nitrogen and oxygen atoms in total. The van der Waals surface area contributed by atoms with Gasteiger partial charge >= 0.3 is 0 Å². The predicted molar refractivity (Wildman–Crippen MR) is 82.6 cm³/mol. The number of anilines is 1. The Kier molecular flexibility index (Phi) is 3.25. The highest BCUT2D eigenvalue weighted by molar-refractivity contribution is 9.10. The van der Waals surface area contributed by atoms with Gasteiger partial charge in [-0.25, -0.2) is 0 Å². The molecule has 1 aliphatic rings. The Morgan fingerprint density at radius 1 is 1.17 bits per heavy atom. The van der Waals surface area contributed by atoms with Gasteiger partial charge in [-0.3, -0.25) is 34.4 Å². The molecule has 3 N–H and O–H groups in total. The van der Waals surface area contributed by atoms with Crippen LogP contribution in [-0.2, 0) is 0 Å². The Balaban J connectivity index is 2.38. The molecule has 0 saturated carbocycles. The lowest BCUT2D eigenvalue weighted by molar-refractivity contribution is -0.384. The molecular weight excluding hydrogens is 372 g/mol. The van der Waals surface area contributed by atoms with Crippen LogP contribution in [-0.4, -0.2) is 21.3 Å². The largest absolute Gasteiger partial charge is 0.384 e. The van der Waals surface area contributed by atoms with Crippen LogP contribution in [0.4, 0.5) is 11.5 Å². The number of nitrogens with zero attached hydrogens (tertiary/aromatic N) is 2. The molecule has 0 aliphatic carbocycles. The first kappa shape index (κ1) is 14.9. The van der Waals surface area contributed by atoms with Crippen molar-refractivity contribution in [2.75, 3.05) is 5.73 Å². The monoisotopic (exact) mass is 378 g/mol. The van der Waals surface area contributed by atoms with Gasteiger partial charge in [-0.1, -0.05) is 15.9 Å². The zero-order chi connectivity index (χ0) is 16.9. The van der Waals surface area contributed by atoms with Gasteiger partial charge in [-0.15, -0.1) is 0 Å². The molecule has 0 saturated heterocycles. The topological polar surface area (TPSA) is 137 Å². The zero-order valence-corrected chi connectivity index (χ0v) is 12.8. The van der Waals surface area contributed by atoms with Crippen LogP contribution in [0.1, 0.15) is 20.7 Å². The third kappa shape index (κ3) is 2.19. The van der Waals surface area contributed by atoms with Crippen LogP contribution < -0.4 is 16.6 Å². The smallest absolute Gasteiger partial charge is 0.294 e. The lowest BCUT2D eigenvalue weighted by Gasteiger charge is -2.12. The molecule has 0 atom stereocenters. The number of nitrogen functional groups attached to an aromatic ring is 1. The molecule has 116 valence electrons. The molecule has 0 fully saturated rings. The van der Waals surface area contributed by atoms with Crippen molar-refractivity contribution >= 4 is 39.2 Å². The summed E-state index contributed by atoms with van der Waals surface area (Å²) >= 11 is 3.11. The van der Waals surface area contributed by atoms with Crippen LogP contribution in [0, 0.1) is 10.1 Å². The van der Waals surface area contributed by atoms with Crippen LogP contribution in [0.15, 0.2) is 33.5 Å². The molecule has 0 radical (unpaired) electrons. The lowest BCUT2D eigenvalue weighted by atomic mass is 10.1. The highest BCUT2D eigenvalue weighted by Gasteiger charge is 2.33. The van der Waals surface area contributed by atoms with E-state index in [-0.39, 0.29) is 28.3 Å². The van der Waals surface area contributed by atoms with E-state index in [9.17, 15) is 24.5 Å². The minimum Gasteiger partial charge on any atom is -0.384 e. The van der Waals surface area contributed by atoms with Crippen molar-refractivity contribution in [1.29, 1.82) is 0 Å². The zero-order valence-electron chi connectivity index (χ0n) is 11.2. The Labute approximate surface area is 136 Å². The number of carbonyl (C=O) groups excluding carboxylic acids is 2. The summed E-state index contributed by atoms with van der Waals surface area (Å²) in [5.41, 5.74) is 4.29. The summed E-state index contributed by atoms with van der Waals surface area (Å²) in [5, 5.41) is 13.2. The summed E-state index contributed by atoms with van der Waals surface area (Å²) in [5.74, 6) is -1.82. The fourth-order valence-corrected chi connectivity index (χ4v) is 2.71. The van der Waals surface area contributed by atoms with Gasteiger partial charge in [0.25, 0.3) is 23.1 Å². The molecule has 0 unspecified atom stereocenters. The van der Waals surface area contributed by atoms with Crippen LogP contribution in [0.25, 0.3) is 5.69 Å². The molecule has 23 heavy (non-hydrogen) atoms. The number of nitrogens with two attached hydrogens (primary N) is 1. The normalized spacial score (nSPS) is 12.9. The number of fused-ring (bicyclic) bond motifs is 1. The number of nitrogens with one attached hydrogen (secondary N) is 1. The molecule has 1 aromatic carbocycles. The summed E-state index contributed by atoms with van der Waals surface area (Å²) < 4.78 is 1.27. The van der Waals surface area contributed by atoms with E-state index in [0.29, 0.717) is 4.47 Å². The number of pyridine rings is 1. The Hall–Kier alpha value is -3.01. The van der Waals surface area contributed by atoms with Gasteiger partial charge in [0.1, 0.15) is 11.5 Å². The number of hydrogen-bond donors (Lipinski definition) is 2. The first-order valence-electron chi connectivity index (χ1n) is 6.16. The van der Waals surface area contributed by atoms with Crippen molar-refractivity contribution in [2.45, 2.75) is 0 Å². The van der Waals surface area contributed by atoms with Crippen LogP contribution in [0.5, 0.6) is 0 Å². The van der Waals surface area contributed by atoms with Gasteiger partial charge in [0.15, 0.2) is 0 Å². The summed E-state index contributed by atoms with van der Waals surface area (Å²) in [6, 6.07) is 4.95. The molecule has 10 heteroatoms. The summed E-state index contributed by atoms with van der Waals surface area (Å²) in [6.07, 6.45) is 0. The van der Waals surface area contributed by atoms with E-state index in [2.05, 4.69) is 15.9 Å². The Bertz CT molecular complexity index is 966. The maximum atomic E-state index is 12.3. The average molecular weight is 379 g/mol. The van der Waals surface area contributed by atoms with Crippen molar-refractivity contribution < 1.29 is 14.5 Å². The van der Waals surface area contributed by atoms with Crippen molar-refractivity contribution in [2.24, 2.45) is 0 Å². The van der Waals surface area contributed by atoms with Crippen LogP contribution in [0.2, 0.25) is 0 Å². The van der Waals surface area contributed by atoms with Crippen LogP contribution >= 0.6 is 15.9 Å². The number of amides is 2. The number of benzene rings is 1. The van der Waals surface area contributed by atoms with Crippen molar-refractivity contribution in [3.8, 4) is 5.69 Å². The SMILES string of the molecule is Nc1c2c(cc(=O)n1-c1ccc(Br)cc1[N+](=O)[O-])C(=O)NC2=O. The minimum absolute atomic E-state index is 0.101. The average Bonchev–Trinajstić information content (AvgIpc) is 2.74. The van der Waals surface area contributed by atoms with Gasteiger partial charge in [0.05, 0.1) is 16.1 Å². The second kappa shape index (κ2) is 5.02. The number of nitro groups is 1. The third-order valence-corrected chi connectivity index (χ3v) is 3.82. The van der Waals surface area contributed by atoms with Crippen LogP contribution in [0.3, 0.4) is 0 Å². The first-order chi connectivity index (χ1) is 10.8. The minimum atomic E-state index is -0.754. The number of imide groups is 1. The van der Waals surface area contributed by atoms with E-state index in [1.807, 2.05) is 5.32 Å². The number of hydrogen-bond acceptors (Lipinski definition) is 6. The van der Waals surface area contributed by atoms with Gasteiger partial charge in [-0.2, -0.15) is 0 Å². The molecule has 3 rings (SSSR count). The molecule has 1 aliphatic heterocycles. The molecular formula is C13H7BrN4O5. The summed E-state index contributed by atoms with van der Waals surface area (Å²) in [7, 11) is 0. The maximum absolute atomic E-state index is 12.3. The fraction of sp³-hybridized carbons (Fsp3) is 0. The third-order valence-electron chi connectivity index (χ3n) is 3.33. The van der Waals surface area contributed by atoms with E-state index < -0.39 is 22.3 Å². The quantitative estimate of drug-likeness (QED) is 0.453. The first-order valence-corrected chi connectivity index (χ1v) is 6.96. The van der Waals surface area contributed by atoms with Crippen molar-refractivity contribution in [3.63, 3.8) is 0 Å². The second-order valence-corrected chi connectivity index (χ2v) is 5.58. The summed E-state index contributed by atoms with van der Waals surface area (Å²) in [4.78, 5) is 46.2. The molecule has 0 spiro atoms. The number of rotatable bonds is 2. The van der Waals surface area contributed by atoms with E-state index in [1.165, 1.54) is 18.2 Å². The van der Waals surface area contributed by atoms with E-state index in [1.54, 1.807) is 0 Å². The number of nitro benzene ring substituents is 1. The van der Waals surface area contributed by atoms with Gasteiger partial charge in [0.2, 0.25) is 0 Å². The Morgan fingerprint density at radius 3 is 2.52 bits per heavy atom. The van der Waals surface area contributed by atoms with Gasteiger partial charge in [0, 0.05) is 16.6 Å². The van der Waals surface area contributed by atoms with Gasteiger partial charge < -0.3 is 5.73 Å². The summed E-state index contributed by atoms with van der Waals surface area (Å²) in [6.45, 7) is 0. The van der Waals surface area contributed by atoms with E-state index in [0.717, 1.165) is 10.6 Å². The van der Waals surface area contributed by atoms with Gasteiger partial charge in [-0.05, 0) is 12.1 Å². The Morgan fingerprint density at radius 2 is 1.87 bits per heavy atom. The number of halogens is 1. The molecule has 2 amide bonds. The van der Waals surface area contributed by atoms with E-state index in [4.69, 9.17) is 5.73 Å². The van der Waals surface area contributed by atoms with Crippen molar-refractivity contribution in [1.82, 2.24) is 9.88 Å². The molecule has 0 bridgehead atoms. The molecule has 2 aromatic rings. The van der Waals surface area contributed by atoms with E-state index >= 15 is 0 Å². The maximum Gasteiger partial charge on any atom is 0.294 e. The highest BCUT2D eigenvalue weighted by atomic mass is 79.9. The molecule has 2 heterocycles. The van der Waals surface area contributed by atoms with Crippen molar-refractivity contribution in [3.05, 3.63) is 60.3 Å². The predicted octanol–water partition coefficient (Wildman–Crippen LogP) is 0.974. The molecule has 1 aromatic heterocycles. The standard InChI is InChI=1S/C13H7BrN4O5/c14-5-1-2-7(8(3-5)18(22)23)17-9(19)4-6-10(11(17)15)13(21)16-12(6)20/h1-4H,15H2,(H,16,20,21). The lowest BCUT2D eigenvalue weighted by Crippen LogP contribution is -2.24.